The van der Waals surface area contributed by atoms with Gasteiger partial charge in [-0.15, -0.1) is 11.3 Å². The fourth-order valence-corrected chi connectivity index (χ4v) is 6.18. The molecule has 0 bridgehead atoms. The van der Waals surface area contributed by atoms with Crippen molar-refractivity contribution in [2.24, 2.45) is 0 Å². The summed E-state index contributed by atoms with van der Waals surface area (Å²) in [6, 6.07) is 9.99. The average molecular weight is 445 g/mol. The van der Waals surface area contributed by atoms with Crippen LogP contribution in [-0.2, 0) is 10.0 Å². The second-order valence-corrected chi connectivity index (χ2v) is 10.1. The van der Waals surface area contributed by atoms with E-state index in [9.17, 15) is 17.2 Å². The number of rotatable bonds is 4. The summed E-state index contributed by atoms with van der Waals surface area (Å²) in [5.74, 6) is -0.130. The average Bonchev–Trinajstić information content (AvgIpc) is 3.14. The van der Waals surface area contributed by atoms with Crippen LogP contribution in [0.5, 0.6) is 0 Å². The van der Waals surface area contributed by atoms with Crippen molar-refractivity contribution in [2.45, 2.75) is 10.6 Å². The molecule has 0 radical (unpaired) electrons. The number of thiophene rings is 1. The lowest BCUT2D eigenvalue weighted by Crippen LogP contribution is -2.48. The van der Waals surface area contributed by atoms with Gasteiger partial charge in [-0.25, -0.2) is 27.2 Å². The van der Waals surface area contributed by atoms with Crippen LogP contribution in [0.25, 0.3) is 10.9 Å². The summed E-state index contributed by atoms with van der Waals surface area (Å²) in [7, 11) is -3.62. The van der Waals surface area contributed by atoms with Gasteiger partial charge in [-0.3, -0.25) is 0 Å². The fraction of sp³-hybridized carbons (Fsp3) is 0.294. The summed E-state index contributed by atoms with van der Waals surface area (Å²) < 4.78 is 53.9. The predicted molar refractivity (Wildman–Crippen MR) is 105 cm³/mol. The number of hydrogen-bond donors (Lipinski definition) is 0. The van der Waals surface area contributed by atoms with E-state index in [2.05, 4.69) is 9.97 Å². The topological polar surface area (TPSA) is 66.4 Å². The molecule has 0 amide bonds. The largest absolute Gasteiger partial charge is 0.353 e. The molecule has 1 saturated heterocycles. The Balaban J connectivity index is 1.60. The van der Waals surface area contributed by atoms with Gasteiger partial charge in [0.2, 0.25) is 0 Å². The number of sulfonamides is 1. The van der Waals surface area contributed by atoms with Crippen LogP contribution in [0.3, 0.4) is 0 Å². The molecule has 3 aromatic rings. The highest BCUT2D eigenvalue weighted by Crippen LogP contribution is 2.31. The predicted octanol–water partition coefficient (Wildman–Crippen LogP) is 3.79. The van der Waals surface area contributed by atoms with Gasteiger partial charge in [0.25, 0.3) is 16.4 Å². The first-order chi connectivity index (χ1) is 13.4. The monoisotopic (exact) mass is 444 g/mol. The lowest BCUT2D eigenvalue weighted by molar-refractivity contribution is 0.141. The number of benzene rings is 1. The Hall–Kier alpha value is -1.88. The molecule has 0 unspecified atom stereocenters. The van der Waals surface area contributed by atoms with Crippen molar-refractivity contribution in [1.82, 2.24) is 14.3 Å². The molecule has 1 aromatic carbocycles. The lowest BCUT2D eigenvalue weighted by Gasteiger charge is -2.35. The maximum absolute atomic E-state index is 13.2. The first kappa shape index (κ1) is 19.4. The van der Waals surface area contributed by atoms with Gasteiger partial charge in [0.15, 0.2) is 5.82 Å². The Morgan fingerprint density at radius 3 is 2.39 bits per heavy atom. The molecule has 0 aliphatic carbocycles. The van der Waals surface area contributed by atoms with Crippen molar-refractivity contribution in [3.63, 3.8) is 0 Å². The standard InChI is InChI=1S/C17H15ClF2N4O2S2/c18-13-5-6-14(27-13)28(25,26)24-9-7-23(8-10-24)17-11-3-1-2-4-12(11)21-16(22-17)15(19)20/h1-6,15H,7-10H2. The summed E-state index contributed by atoms with van der Waals surface area (Å²) in [4.78, 5) is 9.80. The summed E-state index contributed by atoms with van der Waals surface area (Å²) in [6.07, 6.45) is -2.78. The van der Waals surface area contributed by atoms with Gasteiger partial charge < -0.3 is 4.90 Å². The highest BCUT2D eigenvalue weighted by Gasteiger charge is 2.31. The number of piperazine rings is 1. The number of anilines is 1. The highest BCUT2D eigenvalue weighted by molar-refractivity contribution is 7.91. The van der Waals surface area contributed by atoms with E-state index < -0.39 is 22.3 Å². The molecular weight excluding hydrogens is 430 g/mol. The number of nitrogens with zero attached hydrogens (tertiary/aromatic N) is 4. The summed E-state index contributed by atoms with van der Waals surface area (Å²) in [5, 5.41) is 0.660. The van der Waals surface area contributed by atoms with E-state index in [-0.39, 0.29) is 17.3 Å². The smallest absolute Gasteiger partial charge is 0.297 e. The van der Waals surface area contributed by atoms with Gasteiger partial charge in [0, 0.05) is 31.6 Å². The molecule has 1 aliphatic heterocycles. The fourth-order valence-electron chi connectivity index (χ4n) is 3.12. The van der Waals surface area contributed by atoms with Crippen LogP contribution in [0.1, 0.15) is 12.2 Å². The zero-order valence-electron chi connectivity index (χ0n) is 14.4. The first-order valence-electron chi connectivity index (χ1n) is 8.41. The Bertz CT molecular complexity index is 1120. The third kappa shape index (κ3) is 3.57. The van der Waals surface area contributed by atoms with Crippen molar-refractivity contribution >= 4 is 49.7 Å². The van der Waals surface area contributed by atoms with Crippen LogP contribution in [0, 0.1) is 0 Å². The summed E-state index contributed by atoms with van der Waals surface area (Å²) >= 11 is 6.87. The van der Waals surface area contributed by atoms with E-state index in [0.717, 1.165) is 11.3 Å². The molecule has 11 heteroatoms. The number of hydrogen-bond acceptors (Lipinski definition) is 6. The summed E-state index contributed by atoms with van der Waals surface area (Å²) in [5.41, 5.74) is 0.436. The van der Waals surface area contributed by atoms with Crippen LogP contribution >= 0.6 is 22.9 Å². The van der Waals surface area contributed by atoms with E-state index in [1.807, 2.05) is 4.90 Å². The minimum Gasteiger partial charge on any atom is -0.353 e. The number of alkyl halides is 2. The first-order valence-corrected chi connectivity index (χ1v) is 11.0. The van der Waals surface area contributed by atoms with Gasteiger partial charge in [-0.2, -0.15) is 4.31 Å². The quantitative estimate of drug-likeness (QED) is 0.612. The maximum Gasteiger partial charge on any atom is 0.297 e. The normalized spacial score (nSPS) is 16.2. The molecular formula is C17H15ClF2N4O2S2. The molecule has 2 aromatic heterocycles. The third-order valence-electron chi connectivity index (χ3n) is 4.48. The SMILES string of the molecule is O=S(=O)(c1ccc(Cl)s1)N1CCN(c2nc(C(F)F)nc3ccccc23)CC1. The van der Waals surface area contributed by atoms with Crippen molar-refractivity contribution in [3.05, 3.63) is 46.6 Å². The number of fused-ring (bicyclic) bond motifs is 1. The second kappa shape index (κ2) is 7.51. The van der Waals surface area contributed by atoms with Crippen molar-refractivity contribution < 1.29 is 17.2 Å². The van der Waals surface area contributed by atoms with Gasteiger partial charge in [-0.05, 0) is 24.3 Å². The molecule has 1 fully saturated rings. The molecule has 0 saturated carbocycles. The number of aromatic nitrogens is 2. The zero-order chi connectivity index (χ0) is 19.9. The molecule has 28 heavy (non-hydrogen) atoms. The molecule has 148 valence electrons. The van der Waals surface area contributed by atoms with E-state index >= 15 is 0 Å². The molecule has 3 heterocycles. The minimum atomic E-state index is -3.62. The third-order valence-corrected chi connectivity index (χ3v) is 8.07. The van der Waals surface area contributed by atoms with Crippen molar-refractivity contribution in [2.75, 3.05) is 31.1 Å². The summed E-state index contributed by atoms with van der Waals surface area (Å²) in [6.45, 7) is 1.12. The van der Waals surface area contributed by atoms with Crippen LogP contribution in [0.15, 0.2) is 40.6 Å². The van der Waals surface area contributed by atoms with Gasteiger partial charge in [0.05, 0.1) is 9.85 Å². The maximum atomic E-state index is 13.2. The second-order valence-electron chi connectivity index (χ2n) is 6.17. The minimum absolute atomic E-state index is 0.193. The number of para-hydroxylation sites is 1. The van der Waals surface area contributed by atoms with E-state index in [1.54, 1.807) is 30.3 Å². The zero-order valence-corrected chi connectivity index (χ0v) is 16.8. The Kier molecular flexibility index (Phi) is 5.21. The van der Waals surface area contributed by atoms with Crippen LogP contribution in [0.4, 0.5) is 14.6 Å². The van der Waals surface area contributed by atoms with Crippen LogP contribution in [-0.4, -0.2) is 48.9 Å². The van der Waals surface area contributed by atoms with E-state index in [1.165, 1.54) is 10.4 Å². The molecule has 6 nitrogen and oxygen atoms in total. The van der Waals surface area contributed by atoms with E-state index in [4.69, 9.17) is 11.6 Å². The molecule has 0 spiro atoms. The van der Waals surface area contributed by atoms with Gasteiger partial charge in [-0.1, -0.05) is 23.7 Å². The van der Waals surface area contributed by atoms with Crippen LogP contribution < -0.4 is 4.90 Å². The van der Waals surface area contributed by atoms with Gasteiger partial charge in [0.1, 0.15) is 10.0 Å². The molecule has 0 atom stereocenters. The Morgan fingerprint density at radius 2 is 1.75 bits per heavy atom. The van der Waals surface area contributed by atoms with Gasteiger partial charge >= 0.3 is 0 Å². The highest BCUT2D eigenvalue weighted by atomic mass is 35.5. The Morgan fingerprint density at radius 1 is 1.04 bits per heavy atom. The van der Waals surface area contributed by atoms with Crippen molar-refractivity contribution in [1.29, 1.82) is 0 Å². The Labute approximate surface area is 169 Å². The molecule has 0 N–H and O–H groups in total. The number of halogens is 3. The van der Waals surface area contributed by atoms with Crippen molar-refractivity contribution in [3.8, 4) is 0 Å². The van der Waals surface area contributed by atoms with E-state index in [0.29, 0.717) is 34.1 Å². The molecule has 1 aliphatic rings. The molecule has 4 rings (SSSR count). The lowest BCUT2D eigenvalue weighted by atomic mass is 10.2. The van der Waals surface area contributed by atoms with Crippen LogP contribution in [0.2, 0.25) is 4.34 Å².